The zero-order valence-electron chi connectivity index (χ0n) is 12.6. The van der Waals surface area contributed by atoms with Crippen molar-refractivity contribution in [1.29, 1.82) is 0 Å². The standard InChI is InChI=1S/C16H22N2O2/c1-5-7-17-16-11(6-2)8-12-9-14(19-3)15(20-4)10-13(12)18-16/h8-10H,5-7H2,1-4H3,(H,17,18). The van der Waals surface area contributed by atoms with E-state index < -0.39 is 0 Å². The number of nitrogens with zero attached hydrogens (tertiary/aromatic N) is 1. The molecule has 0 fully saturated rings. The molecule has 0 radical (unpaired) electrons. The fourth-order valence-electron chi connectivity index (χ4n) is 2.21. The highest BCUT2D eigenvalue weighted by Crippen LogP contribution is 2.33. The van der Waals surface area contributed by atoms with Crippen LogP contribution in [0.4, 0.5) is 5.82 Å². The molecule has 0 atom stereocenters. The second kappa shape index (κ2) is 6.46. The van der Waals surface area contributed by atoms with Crippen LogP contribution in [-0.4, -0.2) is 25.7 Å². The smallest absolute Gasteiger partial charge is 0.162 e. The van der Waals surface area contributed by atoms with Gasteiger partial charge in [0.25, 0.3) is 0 Å². The highest BCUT2D eigenvalue weighted by molar-refractivity contribution is 5.85. The Kier molecular flexibility index (Phi) is 4.66. The maximum absolute atomic E-state index is 5.34. The van der Waals surface area contributed by atoms with Crippen LogP contribution >= 0.6 is 0 Å². The lowest BCUT2D eigenvalue weighted by atomic mass is 10.1. The molecule has 1 aromatic heterocycles. The molecule has 1 N–H and O–H groups in total. The van der Waals surface area contributed by atoms with Gasteiger partial charge in [-0.1, -0.05) is 13.8 Å². The van der Waals surface area contributed by atoms with Crippen molar-refractivity contribution in [3.8, 4) is 11.5 Å². The van der Waals surface area contributed by atoms with E-state index in [-0.39, 0.29) is 0 Å². The number of fused-ring (bicyclic) bond motifs is 1. The number of anilines is 1. The minimum atomic E-state index is 0.707. The summed E-state index contributed by atoms with van der Waals surface area (Å²) in [4.78, 5) is 4.72. The summed E-state index contributed by atoms with van der Waals surface area (Å²) in [7, 11) is 3.29. The van der Waals surface area contributed by atoms with Crippen LogP contribution in [0.1, 0.15) is 25.8 Å². The number of methoxy groups -OCH3 is 2. The maximum Gasteiger partial charge on any atom is 0.162 e. The lowest BCUT2D eigenvalue weighted by molar-refractivity contribution is 0.356. The Morgan fingerprint density at radius 2 is 1.75 bits per heavy atom. The molecule has 108 valence electrons. The molecule has 2 aromatic rings. The third-order valence-corrected chi connectivity index (χ3v) is 3.32. The number of aryl methyl sites for hydroxylation is 1. The van der Waals surface area contributed by atoms with E-state index in [9.17, 15) is 0 Å². The van der Waals surface area contributed by atoms with Gasteiger partial charge in [-0.25, -0.2) is 4.98 Å². The van der Waals surface area contributed by atoms with Gasteiger partial charge in [0.15, 0.2) is 11.5 Å². The summed E-state index contributed by atoms with van der Waals surface area (Å²) >= 11 is 0. The number of ether oxygens (including phenoxy) is 2. The molecule has 0 aliphatic carbocycles. The highest BCUT2D eigenvalue weighted by Gasteiger charge is 2.10. The summed E-state index contributed by atoms with van der Waals surface area (Å²) in [5.41, 5.74) is 2.14. The first-order chi connectivity index (χ1) is 9.73. The molecule has 0 unspecified atom stereocenters. The van der Waals surface area contributed by atoms with Gasteiger partial charge in [-0.05, 0) is 30.5 Å². The molecule has 1 aromatic carbocycles. The summed E-state index contributed by atoms with van der Waals surface area (Å²) in [6.07, 6.45) is 2.03. The molecule has 2 rings (SSSR count). The normalized spacial score (nSPS) is 10.6. The Labute approximate surface area is 120 Å². The van der Waals surface area contributed by atoms with E-state index >= 15 is 0 Å². The van der Waals surface area contributed by atoms with Gasteiger partial charge in [0, 0.05) is 18.0 Å². The molecule has 0 aliphatic rings. The van der Waals surface area contributed by atoms with Crippen molar-refractivity contribution >= 4 is 16.7 Å². The van der Waals surface area contributed by atoms with Crippen LogP contribution in [0.15, 0.2) is 18.2 Å². The van der Waals surface area contributed by atoms with Gasteiger partial charge in [-0.3, -0.25) is 0 Å². The Hall–Kier alpha value is -1.97. The second-order valence-corrected chi connectivity index (χ2v) is 4.68. The molecule has 1 heterocycles. The van der Waals surface area contributed by atoms with Crippen LogP contribution in [0, 0.1) is 0 Å². The van der Waals surface area contributed by atoms with E-state index in [2.05, 4.69) is 25.2 Å². The van der Waals surface area contributed by atoms with E-state index in [0.717, 1.165) is 41.9 Å². The lowest BCUT2D eigenvalue weighted by Gasteiger charge is -2.13. The topological polar surface area (TPSA) is 43.4 Å². The van der Waals surface area contributed by atoms with E-state index in [4.69, 9.17) is 14.5 Å². The quantitative estimate of drug-likeness (QED) is 0.873. The van der Waals surface area contributed by atoms with Crippen molar-refractivity contribution in [2.24, 2.45) is 0 Å². The Bertz CT molecular complexity index is 597. The molecule has 0 spiro atoms. The average Bonchev–Trinajstić information content (AvgIpc) is 2.50. The van der Waals surface area contributed by atoms with Crippen LogP contribution < -0.4 is 14.8 Å². The van der Waals surface area contributed by atoms with Crippen molar-refractivity contribution in [3.63, 3.8) is 0 Å². The number of aromatic nitrogens is 1. The highest BCUT2D eigenvalue weighted by atomic mass is 16.5. The van der Waals surface area contributed by atoms with Gasteiger partial charge < -0.3 is 14.8 Å². The largest absolute Gasteiger partial charge is 0.493 e. The van der Waals surface area contributed by atoms with Gasteiger partial charge in [-0.15, -0.1) is 0 Å². The molecule has 0 saturated heterocycles. The molecular formula is C16H22N2O2. The summed E-state index contributed by atoms with van der Waals surface area (Å²) in [5.74, 6) is 2.41. The minimum absolute atomic E-state index is 0.707. The Morgan fingerprint density at radius 1 is 1.05 bits per heavy atom. The summed E-state index contributed by atoms with van der Waals surface area (Å²) in [6, 6.07) is 6.07. The molecule has 0 amide bonds. The van der Waals surface area contributed by atoms with Crippen LogP contribution in [0.2, 0.25) is 0 Å². The maximum atomic E-state index is 5.34. The zero-order chi connectivity index (χ0) is 14.5. The molecule has 20 heavy (non-hydrogen) atoms. The van der Waals surface area contributed by atoms with Crippen molar-refractivity contribution in [2.75, 3.05) is 26.1 Å². The first-order valence-electron chi connectivity index (χ1n) is 7.03. The van der Waals surface area contributed by atoms with Gasteiger partial charge >= 0.3 is 0 Å². The second-order valence-electron chi connectivity index (χ2n) is 4.68. The van der Waals surface area contributed by atoms with Crippen molar-refractivity contribution in [2.45, 2.75) is 26.7 Å². The van der Waals surface area contributed by atoms with Crippen LogP contribution in [0.5, 0.6) is 11.5 Å². The number of hydrogen-bond acceptors (Lipinski definition) is 4. The van der Waals surface area contributed by atoms with Crippen LogP contribution in [0.25, 0.3) is 10.9 Å². The summed E-state index contributed by atoms with van der Waals surface area (Å²) < 4.78 is 10.7. The number of pyridine rings is 1. The molecule has 0 bridgehead atoms. The van der Waals surface area contributed by atoms with Gasteiger partial charge in [0.1, 0.15) is 5.82 Å². The molecule has 4 nitrogen and oxygen atoms in total. The third kappa shape index (κ3) is 2.79. The van der Waals surface area contributed by atoms with E-state index in [1.807, 2.05) is 12.1 Å². The van der Waals surface area contributed by atoms with E-state index in [0.29, 0.717) is 5.75 Å². The van der Waals surface area contributed by atoms with E-state index in [1.54, 1.807) is 14.2 Å². The number of benzene rings is 1. The molecule has 4 heteroatoms. The number of nitrogens with one attached hydrogen (secondary N) is 1. The van der Waals surface area contributed by atoms with Crippen molar-refractivity contribution in [1.82, 2.24) is 4.98 Å². The number of hydrogen-bond donors (Lipinski definition) is 1. The number of rotatable bonds is 6. The van der Waals surface area contributed by atoms with Gasteiger partial charge in [0.2, 0.25) is 0 Å². The molecular weight excluding hydrogens is 252 g/mol. The van der Waals surface area contributed by atoms with Gasteiger partial charge in [-0.2, -0.15) is 0 Å². The summed E-state index contributed by atoms with van der Waals surface area (Å²) in [5, 5.41) is 4.46. The first kappa shape index (κ1) is 14.4. The average molecular weight is 274 g/mol. The third-order valence-electron chi connectivity index (χ3n) is 3.32. The predicted octanol–water partition coefficient (Wildman–Crippen LogP) is 3.64. The Balaban J connectivity index is 2.55. The van der Waals surface area contributed by atoms with Crippen LogP contribution in [-0.2, 0) is 6.42 Å². The van der Waals surface area contributed by atoms with Crippen LogP contribution in [0.3, 0.4) is 0 Å². The van der Waals surface area contributed by atoms with Crippen molar-refractivity contribution < 1.29 is 9.47 Å². The first-order valence-corrected chi connectivity index (χ1v) is 7.03. The predicted molar refractivity (Wildman–Crippen MR) is 83.0 cm³/mol. The lowest BCUT2D eigenvalue weighted by Crippen LogP contribution is -2.05. The fraction of sp³-hybridized carbons (Fsp3) is 0.438. The SMILES string of the molecule is CCCNc1nc2cc(OC)c(OC)cc2cc1CC. The van der Waals surface area contributed by atoms with Gasteiger partial charge in [0.05, 0.1) is 19.7 Å². The van der Waals surface area contributed by atoms with E-state index in [1.165, 1.54) is 5.56 Å². The molecule has 0 saturated carbocycles. The Morgan fingerprint density at radius 3 is 2.35 bits per heavy atom. The minimum Gasteiger partial charge on any atom is -0.493 e. The molecule has 0 aliphatic heterocycles. The fourth-order valence-corrected chi connectivity index (χ4v) is 2.21. The monoisotopic (exact) mass is 274 g/mol. The summed E-state index contributed by atoms with van der Waals surface area (Å²) in [6.45, 7) is 5.22. The zero-order valence-corrected chi connectivity index (χ0v) is 12.6. The van der Waals surface area contributed by atoms with Crippen molar-refractivity contribution in [3.05, 3.63) is 23.8 Å².